The lowest BCUT2D eigenvalue weighted by Crippen LogP contribution is -2.47. The smallest absolute Gasteiger partial charge is 0.228 e. The van der Waals surface area contributed by atoms with Gasteiger partial charge in [-0.05, 0) is 49.4 Å². The SMILES string of the molecule is O=C(Cc1cccc(Cl)c1)N1CCCC(C(=O)N2CCCC2c2nc3ccncc3[nH]2)C1. The normalized spacial score (nSPS) is 21.3. The number of carbonyl (C=O) groups is 2. The zero-order valence-corrected chi connectivity index (χ0v) is 18.6. The number of aromatic nitrogens is 3. The highest BCUT2D eigenvalue weighted by Gasteiger charge is 2.37. The van der Waals surface area contributed by atoms with E-state index >= 15 is 0 Å². The van der Waals surface area contributed by atoms with Crippen LogP contribution in [0.5, 0.6) is 0 Å². The minimum Gasteiger partial charge on any atom is -0.342 e. The number of hydrogen-bond donors (Lipinski definition) is 1. The third-order valence-corrected chi connectivity index (χ3v) is 6.76. The molecule has 32 heavy (non-hydrogen) atoms. The largest absolute Gasteiger partial charge is 0.342 e. The summed E-state index contributed by atoms with van der Waals surface area (Å²) < 4.78 is 0. The highest BCUT2D eigenvalue weighted by atomic mass is 35.5. The van der Waals surface area contributed by atoms with E-state index < -0.39 is 0 Å². The van der Waals surface area contributed by atoms with Crippen LogP contribution in [0, 0.1) is 5.92 Å². The Balaban J connectivity index is 1.27. The third-order valence-electron chi connectivity index (χ3n) is 6.52. The van der Waals surface area contributed by atoms with Gasteiger partial charge < -0.3 is 14.8 Å². The zero-order chi connectivity index (χ0) is 22.1. The molecule has 1 N–H and O–H groups in total. The molecule has 2 amide bonds. The lowest BCUT2D eigenvalue weighted by molar-refractivity contribution is -0.141. The first-order chi connectivity index (χ1) is 15.6. The molecule has 4 heterocycles. The summed E-state index contributed by atoms with van der Waals surface area (Å²) in [6.07, 6.45) is 7.29. The molecule has 166 valence electrons. The molecule has 2 unspecified atom stereocenters. The molecule has 0 bridgehead atoms. The van der Waals surface area contributed by atoms with Crippen molar-refractivity contribution in [2.45, 2.75) is 38.1 Å². The number of likely N-dealkylation sites (tertiary alicyclic amines) is 2. The van der Waals surface area contributed by atoms with E-state index in [0.717, 1.165) is 54.6 Å². The first-order valence-electron chi connectivity index (χ1n) is 11.2. The number of carbonyl (C=O) groups excluding carboxylic acids is 2. The highest BCUT2D eigenvalue weighted by Crippen LogP contribution is 2.34. The molecule has 0 spiro atoms. The number of benzene rings is 1. The molecule has 2 aliphatic rings. The van der Waals surface area contributed by atoms with Crippen LogP contribution in [0.4, 0.5) is 0 Å². The maximum Gasteiger partial charge on any atom is 0.228 e. The maximum absolute atomic E-state index is 13.5. The molecule has 3 aromatic rings. The van der Waals surface area contributed by atoms with Gasteiger partial charge in [0.2, 0.25) is 11.8 Å². The predicted molar refractivity (Wildman–Crippen MR) is 122 cm³/mol. The molecule has 2 aromatic heterocycles. The van der Waals surface area contributed by atoms with Crippen molar-refractivity contribution in [2.75, 3.05) is 19.6 Å². The number of fused-ring (bicyclic) bond motifs is 1. The number of rotatable bonds is 4. The number of halogens is 1. The van der Waals surface area contributed by atoms with Gasteiger partial charge in [-0.3, -0.25) is 14.6 Å². The fourth-order valence-corrected chi connectivity index (χ4v) is 5.14. The molecular weight excluding hydrogens is 426 g/mol. The van der Waals surface area contributed by atoms with Crippen molar-refractivity contribution in [3.8, 4) is 0 Å². The van der Waals surface area contributed by atoms with Crippen LogP contribution in [-0.2, 0) is 16.0 Å². The maximum atomic E-state index is 13.5. The molecule has 8 heteroatoms. The molecule has 5 rings (SSSR count). The summed E-state index contributed by atoms with van der Waals surface area (Å²) >= 11 is 6.06. The predicted octanol–water partition coefficient (Wildman–Crippen LogP) is 3.76. The fraction of sp³-hybridized carbons (Fsp3) is 0.417. The quantitative estimate of drug-likeness (QED) is 0.654. The minimum atomic E-state index is -0.168. The van der Waals surface area contributed by atoms with Crippen LogP contribution in [0.3, 0.4) is 0 Å². The second-order valence-corrected chi connectivity index (χ2v) is 9.13. The number of piperidine rings is 1. The Morgan fingerprint density at radius 1 is 1.16 bits per heavy atom. The van der Waals surface area contributed by atoms with Gasteiger partial charge in [0.1, 0.15) is 5.82 Å². The highest BCUT2D eigenvalue weighted by molar-refractivity contribution is 6.30. The van der Waals surface area contributed by atoms with Crippen molar-refractivity contribution in [3.63, 3.8) is 0 Å². The van der Waals surface area contributed by atoms with Crippen molar-refractivity contribution in [2.24, 2.45) is 5.92 Å². The summed E-state index contributed by atoms with van der Waals surface area (Å²) in [6, 6.07) is 9.22. The molecule has 2 aliphatic heterocycles. The van der Waals surface area contributed by atoms with Gasteiger partial charge in [0.05, 0.1) is 35.6 Å². The van der Waals surface area contributed by atoms with E-state index in [2.05, 4.69) is 9.97 Å². The molecule has 7 nitrogen and oxygen atoms in total. The van der Waals surface area contributed by atoms with Crippen molar-refractivity contribution >= 4 is 34.4 Å². The van der Waals surface area contributed by atoms with Crippen LogP contribution in [-0.4, -0.2) is 56.2 Å². The molecule has 1 aromatic carbocycles. The van der Waals surface area contributed by atoms with Crippen molar-refractivity contribution < 1.29 is 9.59 Å². The van der Waals surface area contributed by atoms with Crippen molar-refractivity contribution in [1.29, 1.82) is 0 Å². The number of nitrogens with zero attached hydrogens (tertiary/aromatic N) is 4. The van der Waals surface area contributed by atoms with Crippen LogP contribution >= 0.6 is 11.6 Å². The minimum absolute atomic E-state index is 0.0486. The van der Waals surface area contributed by atoms with E-state index in [1.165, 1.54) is 0 Å². The Bertz CT molecular complexity index is 1110. The Labute approximate surface area is 191 Å². The van der Waals surface area contributed by atoms with E-state index in [0.29, 0.717) is 24.5 Å². The van der Waals surface area contributed by atoms with Crippen LogP contribution < -0.4 is 0 Å². The van der Waals surface area contributed by atoms with E-state index in [1.807, 2.05) is 34.1 Å². The second-order valence-electron chi connectivity index (χ2n) is 8.69. The summed E-state index contributed by atoms with van der Waals surface area (Å²) in [6.45, 7) is 1.90. The summed E-state index contributed by atoms with van der Waals surface area (Å²) in [5, 5.41) is 0.628. The van der Waals surface area contributed by atoms with Gasteiger partial charge in [-0.25, -0.2) is 4.98 Å². The standard InChI is InChI=1S/C24H26ClN5O2/c25-18-6-1-4-16(12-18)13-22(31)29-10-2-5-17(15-29)24(32)30-11-3-7-21(30)23-27-19-8-9-26-14-20(19)28-23/h1,4,6,8-9,12,14,17,21H,2-3,5,7,10-11,13,15H2,(H,27,28). The number of H-pyrrole nitrogens is 1. The van der Waals surface area contributed by atoms with Crippen LogP contribution in [0.15, 0.2) is 42.7 Å². The first-order valence-corrected chi connectivity index (χ1v) is 11.6. The number of hydrogen-bond acceptors (Lipinski definition) is 4. The van der Waals surface area contributed by atoms with Crippen LogP contribution in [0.25, 0.3) is 11.0 Å². The van der Waals surface area contributed by atoms with Crippen LogP contribution in [0.1, 0.15) is 43.1 Å². The van der Waals surface area contributed by atoms with E-state index in [4.69, 9.17) is 16.6 Å². The Morgan fingerprint density at radius 2 is 2.03 bits per heavy atom. The van der Waals surface area contributed by atoms with Crippen molar-refractivity contribution in [1.82, 2.24) is 24.8 Å². The summed E-state index contributed by atoms with van der Waals surface area (Å²) in [7, 11) is 0. The molecule has 2 fully saturated rings. The van der Waals surface area contributed by atoms with Gasteiger partial charge in [0, 0.05) is 30.9 Å². The molecule has 0 saturated carbocycles. The average molecular weight is 452 g/mol. The van der Waals surface area contributed by atoms with E-state index in [9.17, 15) is 9.59 Å². The number of imidazole rings is 1. The number of amides is 2. The summed E-state index contributed by atoms with van der Waals surface area (Å²) in [4.78, 5) is 42.4. The first kappa shape index (κ1) is 20.9. The summed E-state index contributed by atoms with van der Waals surface area (Å²) in [5.74, 6) is 0.834. The van der Waals surface area contributed by atoms with Gasteiger partial charge >= 0.3 is 0 Å². The molecular formula is C24H26ClN5O2. The average Bonchev–Trinajstić information content (AvgIpc) is 3.45. The zero-order valence-electron chi connectivity index (χ0n) is 17.8. The summed E-state index contributed by atoms with van der Waals surface area (Å²) in [5.41, 5.74) is 2.65. The Hall–Kier alpha value is -2.93. The third kappa shape index (κ3) is 4.21. The van der Waals surface area contributed by atoms with Gasteiger partial charge in [-0.2, -0.15) is 0 Å². The van der Waals surface area contributed by atoms with E-state index in [-0.39, 0.29) is 23.8 Å². The molecule has 2 atom stereocenters. The van der Waals surface area contributed by atoms with Gasteiger partial charge in [-0.1, -0.05) is 23.7 Å². The second kappa shape index (κ2) is 8.90. The Morgan fingerprint density at radius 3 is 2.88 bits per heavy atom. The lowest BCUT2D eigenvalue weighted by atomic mass is 9.95. The molecule has 0 aliphatic carbocycles. The topological polar surface area (TPSA) is 82.2 Å². The Kier molecular flexibility index (Phi) is 5.83. The van der Waals surface area contributed by atoms with Gasteiger partial charge in [-0.15, -0.1) is 0 Å². The van der Waals surface area contributed by atoms with E-state index in [1.54, 1.807) is 18.5 Å². The molecule has 2 saturated heterocycles. The lowest BCUT2D eigenvalue weighted by Gasteiger charge is -2.35. The van der Waals surface area contributed by atoms with Gasteiger partial charge in [0.15, 0.2) is 0 Å². The fourth-order valence-electron chi connectivity index (χ4n) is 4.92. The van der Waals surface area contributed by atoms with Gasteiger partial charge in [0.25, 0.3) is 0 Å². The van der Waals surface area contributed by atoms with Crippen molar-refractivity contribution in [3.05, 3.63) is 59.1 Å². The molecule has 0 radical (unpaired) electrons. The number of nitrogens with one attached hydrogen (secondary N) is 1. The van der Waals surface area contributed by atoms with Crippen LogP contribution in [0.2, 0.25) is 5.02 Å². The number of pyridine rings is 1. The number of aromatic amines is 1. The monoisotopic (exact) mass is 451 g/mol.